The minimum Gasteiger partial charge on any atom is -0.340 e. The van der Waals surface area contributed by atoms with Crippen molar-refractivity contribution in [3.8, 4) is 6.07 Å². The Kier molecular flexibility index (Phi) is 3.93. The molecule has 5 heteroatoms. The predicted octanol–water partition coefficient (Wildman–Crippen LogP) is 2.27. The Hall–Kier alpha value is -1.05. The molecule has 1 aromatic heterocycles. The Morgan fingerprint density at radius 2 is 2.43 bits per heavy atom. The second-order valence-electron chi connectivity index (χ2n) is 2.79. The van der Waals surface area contributed by atoms with Gasteiger partial charge in [0, 0.05) is 11.9 Å². The molecule has 3 nitrogen and oxygen atoms in total. The summed E-state index contributed by atoms with van der Waals surface area (Å²) in [5, 5.41) is 8.34. The molecular weight excluding hydrogens is 220 g/mol. The summed E-state index contributed by atoms with van der Waals surface area (Å²) in [6.07, 6.45) is -0.0738. The lowest BCUT2D eigenvalue weighted by Crippen LogP contribution is -2.24. The van der Waals surface area contributed by atoms with Crippen molar-refractivity contribution in [3.63, 3.8) is 0 Å². The summed E-state index contributed by atoms with van der Waals surface area (Å²) in [5.41, 5.74) is 0. The van der Waals surface area contributed by atoms with E-state index in [-0.39, 0.29) is 12.3 Å². The van der Waals surface area contributed by atoms with Gasteiger partial charge < -0.3 is 4.90 Å². The van der Waals surface area contributed by atoms with Gasteiger partial charge in [-0.1, -0.05) is 11.6 Å². The van der Waals surface area contributed by atoms with E-state index in [9.17, 15) is 4.79 Å². The molecule has 0 spiro atoms. The molecule has 1 aromatic rings. The normalized spacial score (nSPS) is 9.50. The van der Waals surface area contributed by atoms with Crippen molar-refractivity contribution in [2.24, 2.45) is 0 Å². The maximum absolute atomic E-state index is 11.2. The largest absolute Gasteiger partial charge is 0.340 e. The van der Waals surface area contributed by atoms with Crippen molar-refractivity contribution in [1.29, 1.82) is 5.26 Å². The minimum absolute atomic E-state index is 0.0738. The molecule has 0 aromatic carbocycles. The van der Waals surface area contributed by atoms with Crippen LogP contribution in [0.2, 0.25) is 4.34 Å². The Bertz CT molecular complexity index is 369. The van der Waals surface area contributed by atoms with Crippen LogP contribution >= 0.6 is 22.9 Å². The molecule has 0 N–H and O–H groups in total. The Labute approximate surface area is 91.5 Å². The molecule has 0 aliphatic heterocycles. The molecule has 0 atom stereocenters. The molecule has 0 saturated heterocycles. The molecule has 1 amide bonds. The summed E-state index contributed by atoms with van der Waals surface area (Å²) in [5.74, 6) is -0.169. The number of carbonyl (C=O) groups is 1. The molecule has 0 aliphatic carbocycles. The fourth-order valence-electron chi connectivity index (χ4n) is 0.961. The first-order chi connectivity index (χ1) is 6.63. The molecule has 0 bridgehead atoms. The molecule has 0 fully saturated rings. The SMILES string of the molecule is CN(Cc1ccc(Cl)s1)C(=O)CC#N. The van der Waals surface area contributed by atoms with Crippen LogP contribution in [0.1, 0.15) is 11.3 Å². The molecule has 74 valence electrons. The van der Waals surface area contributed by atoms with Gasteiger partial charge in [-0.15, -0.1) is 11.3 Å². The number of rotatable bonds is 3. The van der Waals surface area contributed by atoms with Crippen LogP contribution in [-0.4, -0.2) is 17.9 Å². The summed E-state index contributed by atoms with van der Waals surface area (Å²) in [6.45, 7) is 0.512. The van der Waals surface area contributed by atoms with Gasteiger partial charge in [-0.3, -0.25) is 4.79 Å². The van der Waals surface area contributed by atoms with Crippen LogP contribution in [0.5, 0.6) is 0 Å². The van der Waals surface area contributed by atoms with Crippen LogP contribution in [0.25, 0.3) is 0 Å². The second-order valence-corrected chi connectivity index (χ2v) is 4.59. The molecular formula is C9H9ClN2OS. The number of hydrogen-bond donors (Lipinski definition) is 0. The summed E-state index contributed by atoms with van der Waals surface area (Å²) in [4.78, 5) is 13.8. The summed E-state index contributed by atoms with van der Waals surface area (Å²) in [6, 6.07) is 5.50. The van der Waals surface area contributed by atoms with Gasteiger partial charge in [0.05, 0.1) is 17.0 Å². The summed E-state index contributed by atoms with van der Waals surface area (Å²) < 4.78 is 0.709. The summed E-state index contributed by atoms with van der Waals surface area (Å²) in [7, 11) is 1.67. The monoisotopic (exact) mass is 228 g/mol. The van der Waals surface area contributed by atoms with Gasteiger partial charge in [0.1, 0.15) is 6.42 Å². The number of amides is 1. The van der Waals surface area contributed by atoms with Crippen molar-refractivity contribution in [2.45, 2.75) is 13.0 Å². The molecule has 1 rings (SSSR count). The van der Waals surface area contributed by atoms with Gasteiger partial charge in [-0.05, 0) is 12.1 Å². The maximum atomic E-state index is 11.2. The second kappa shape index (κ2) is 4.99. The van der Waals surface area contributed by atoms with E-state index in [2.05, 4.69) is 0 Å². The van der Waals surface area contributed by atoms with E-state index in [1.807, 2.05) is 12.1 Å². The number of carbonyl (C=O) groups excluding carboxylic acids is 1. The average Bonchev–Trinajstić information content (AvgIpc) is 2.51. The fourth-order valence-corrected chi connectivity index (χ4v) is 2.10. The van der Waals surface area contributed by atoms with E-state index in [1.165, 1.54) is 16.2 Å². The van der Waals surface area contributed by atoms with Gasteiger partial charge in [0.15, 0.2) is 0 Å². The summed E-state index contributed by atoms with van der Waals surface area (Å²) >= 11 is 7.19. The third-order valence-electron chi connectivity index (χ3n) is 1.68. The van der Waals surface area contributed by atoms with E-state index in [1.54, 1.807) is 13.1 Å². The van der Waals surface area contributed by atoms with Crippen LogP contribution in [0.3, 0.4) is 0 Å². The lowest BCUT2D eigenvalue weighted by molar-refractivity contribution is -0.129. The van der Waals surface area contributed by atoms with Gasteiger partial charge in [0.2, 0.25) is 5.91 Å². The van der Waals surface area contributed by atoms with Crippen molar-refractivity contribution >= 4 is 28.8 Å². The van der Waals surface area contributed by atoms with Crippen molar-refractivity contribution in [3.05, 3.63) is 21.3 Å². The van der Waals surface area contributed by atoms with E-state index in [0.717, 1.165) is 4.88 Å². The first-order valence-electron chi connectivity index (χ1n) is 3.98. The Balaban J connectivity index is 2.53. The van der Waals surface area contributed by atoms with Crippen LogP contribution in [0.15, 0.2) is 12.1 Å². The highest BCUT2D eigenvalue weighted by Crippen LogP contribution is 2.22. The smallest absolute Gasteiger partial charge is 0.236 e. The van der Waals surface area contributed by atoms with Crippen molar-refractivity contribution in [1.82, 2.24) is 4.90 Å². The van der Waals surface area contributed by atoms with Crippen molar-refractivity contribution < 1.29 is 4.79 Å². The first-order valence-corrected chi connectivity index (χ1v) is 5.18. The van der Waals surface area contributed by atoms with E-state index in [4.69, 9.17) is 16.9 Å². The Morgan fingerprint density at radius 1 is 1.71 bits per heavy atom. The predicted molar refractivity (Wildman–Crippen MR) is 56.0 cm³/mol. The topological polar surface area (TPSA) is 44.1 Å². The fraction of sp³-hybridized carbons (Fsp3) is 0.333. The average molecular weight is 229 g/mol. The Morgan fingerprint density at radius 3 is 2.93 bits per heavy atom. The van der Waals surface area contributed by atoms with Gasteiger partial charge in [-0.2, -0.15) is 5.26 Å². The lowest BCUT2D eigenvalue weighted by Gasteiger charge is -2.13. The highest BCUT2D eigenvalue weighted by Gasteiger charge is 2.09. The van der Waals surface area contributed by atoms with Gasteiger partial charge >= 0.3 is 0 Å². The zero-order valence-electron chi connectivity index (χ0n) is 7.66. The van der Waals surface area contributed by atoms with E-state index in [0.29, 0.717) is 10.9 Å². The molecule has 1 heterocycles. The van der Waals surface area contributed by atoms with Crippen LogP contribution < -0.4 is 0 Å². The zero-order valence-corrected chi connectivity index (χ0v) is 9.23. The number of nitriles is 1. The maximum Gasteiger partial charge on any atom is 0.236 e. The molecule has 0 radical (unpaired) electrons. The molecule has 0 saturated carbocycles. The van der Waals surface area contributed by atoms with Crippen LogP contribution in [-0.2, 0) is 11.3 Å². The molecule has 0 unspecified atom stereocenters. The first kappa shape index (κ1) is 11.0. The zero-order chi connectivity index (χ0) is 10.6. The van der Waals surface area contributed by atoms with Crippen molar-refractivity contribution in [2.75, 3.05) is 7.05 Å². The highest BCUT2D eigenvalue weighted by molar-refractivity contribution is 7.16. The number of halogens is 1. The third kappa shape index (κ3) is 3.02. The van der Waals surface area contributed by atoms with Crippen LogP contribution in [0, 0.1) is 11.3 Å². The number of hydrogen-bond acceptors (Lipinski definition) is 3. The minimum atomic E-state index is -0.169. The van der Waals surface area contributed by atoms with Gasteiger partial charge in [0.25, 0.3) is 0 Å². The standard InChI is InChI=1S/C9H9ClN2OS/c1-12(9(13)4-5-11)6-7-2-3-8(10)14-7/h2-3H,4,6H2,1H3. The number of thiophene rings is 1. The van der Waals surface area contributed by atoms with Crippen LogP contribution in [0.4, 0.5) is 0 Å². The van der Waals surface area contributed by atoms with E-state index < -0.39 is 0 Å². The quantitative estimate of drug-likeness (QED) is 0.797. The third-order valence-corrected chi connectivity index (χ3v) is 2.89. The van der Waals surface area contributed by atoms with Gasteiger partial charge in [-0.25, -0.2) is 0 Å². The highest BCUT2D eigenvalue weighted by atomic mass is 35.5. The molecule has 0 aliphatic rings. The lowest BCUT2D eigenvalue weighted by atomic mass is 10.3. The van der Waals surface area contributed by atoms with E-state index >= 15 is 0 Å². The molecule has 14 heavy (non-hydrogen) atoms. The number of nitrogens with zero attached hydrogens (tertiary/aromatic N) is 2.